The SMILES string of the molecule is Cc1ccsc1CN(Cc1ccc(F)cc1)C(=O)CN(C(=O)c1ccc(F)cc1)C1CCCCC1. The van der Waals surface area contributed by atoms with E-state index in [4.69, 9.17) is 0 Å². The van der Waals surface area contributed by atoms with Crippen LogP contribution in [0.4, 0.5) is 8.78 Å². The smallest absolute Gasteiger partial charge is 0.254 e. The molecule has 2 amide bonds. The number of thiophene rings is 1. The topological polar surface area (TPSA) is 40.6 Å². The third-order valence-corrected chi connectivity index (χ3v) is 7.62. The lowest BCUT2D eigenvalue weighted by Gasteiger charge is -2.35. The molecule has 184 valence electrons. The average Bonchev–Trinajstić information content (AvgIpc) is 3.28. The van der Waals surface area contributed by atoms with Gasteiger partial charge in [0.2, 0.25) is 5.91 Å². The number of amides is 2. The van der Waals surface area contributed by atoms with E-state index in [0.717, 1.165) is 48.1 Å². The number of halogens is 2. The molecule has 1 aliphatic carbocycles. The lowest BCUT2D eigenvalue weighted by atomic mass is 9.93. The van der Waals surface area contributed by atoms with Crippen molar-refractivity contribution in [1.29, 1.82) is 0 Å². The van der Waals surface area contributed by atoms with E-state index in [1.54, 1.807) is 33.3 Å². The first kappa shape index (κ1) is 25.0. The lowest BCUT2D eigenvalue weighted by Crippen LogP contribution is -2.48. The van der Waals surface area contributed by atoms with E-state index in [-0.39, 0.29) is 30.2 Å². The van der Waals surface area contributed by atoms with Crippen LogP contribution in [-0.4, -0.2) is 34.2 Å². The zero-order valence-electron chi connectivity index (χ0n) is 19.9. The minimum atomic E-state index is -0.404. The quantitative estimate of drug-likeness (QED) is 0.365. The van der Waals surface area contributed by atoms with E-state index >= 15 is 0 Å². The molecule has 1 aliphatic rings. The van der Waals surface area contributed by atoms with Gasteiger partial charge in [-0.05, 0) is 78.7 Å². The standard InChI is InChI=1S/C28H30F2N2O2S/c1-20-15-16-35-26(20)18-31(17-21-7-11-23(29)12-8-21)27(33)19-32(25-5-3-2-4-6-25)28(34)22-9-13-24(30)14-10-22/h7-16,25H,2-6,17-19H2,1H3. The molecule has 0 aliphatic heterocycles. The molecule has 0 saturated heterocycles. The van der Waals surface area contributed by atoms with Gasteiger partial charge in [-0.15, -0.1) is 11.3 Å². The van der Waals surface area contributed by atoms with Crippen molar-refractivity contribution in [1.82, 2.24) is 9.80 Å². The molecule has 1 aromatic heterocycles. The number of nitrogens with zero attached hydrogens (tertiary/aromatic N) is 2. The molecule has 4 rings (SSSR count). The zero-order valence-corrected chi connectivity index (χ0v) is 20.7. The molecule has 0 radical (unpaired) electrons. The summed E-state index contributed by atoms with van der Waals surface area (Å²) in [5.74, 6) is -1.14. The molecule has 0 atom stereocenters. The van der Waals surface area contributed by atoms with E-state index in [1.165, 1.54) is 36.4 Å². The van der Waals surface area contributed by atoms with Crippen molar-refractivity contribution in [2.45, 2.75) is 58.2 Å². The summed E-state index contributed by atoms with van der Waals surface area (Å²) < 4.78 is 26.9. The Balaban J connectivity index is 1.58. The van der Waals surface area contributed by atoms with Crippen molar-refractivity contribution in [3.63, 3.8) is 0 Å². The Bertz CT molecular complexity index is 1140. The molecule has 1 fully saturated rings. The largest absolute Gasteiger partial charge is 0.332 e. The van der Waals surface area contributed by atoms with Crippen molar-refractivity contribution < 1.29 is 18.4 Å². The molecule has 3 aromatic rings. The van der Waals surface area contributed by atoms with Crippen molar-refractivity contribution >= 4 is 23.2 Å². The molecule has 1 heterocycles. The summed E-state index contributed by atoms with van der Waals surface area (Å²) in [4.78, 5) is 31.7. The van der Waals surface area contributed by atoms with Gasteiger partial charge in [-0.3, -0.25) is 9.59 Å². The average molecular weight is 497 g/mol. The molecule has 7 heteroatoms. The number of benzene rings is 2. The van der Waals surface area contributed by atoms with Crippen LogP contribution in [0.1, 0.15) is 58.5 Å². The third kappa shape index (κ3) is 6.54. The summed E-state index contributed by atoms with van der Waals surface area (Å²) in [6.07, 6.45) is 4.85. The van der Waals surface area contributed by atoms with Crippen molar-refractivity contribution in [3.8, 4) is 0 Å². The zero-order chi connectivity index (χ0) is 24.8. The van der Waals surface area contributed by atoms with Crippen LogP contribution in [0.3, 0.4) is 0 Å². The summed E-state index contributed by atoms with van der Waals surface area (Å²) in [7, 11) is 0. The molecule has 0 bridgehead atoms. The van der Waals surface area contributed by atoms with Gasteiger partial charge in [0, 0.05) is 23.0 Å². The molecular weight excluding hydrogens is 466 g/mol. The maximum Gasteiger partial charge on any atom is 0.254 e. The van der Waals surface area contributed by atoms with Crippen molar-refractivity contribution in [2.75, 3.05) is 6.54 Å². The maximum absolute atomic E-state index is 13.7. The van der Waals surface area contributed by atoms with Crippen molar-refractivity contribution in [3.05, 3.63) is 93.2 Å². The van der Waals surface area contributed by atoms with Crippen LogP contribution in [0.25, 0.3) is 0 Å². The van der Waals surface area contributed by atoms with E-state index in [1.807, 2.05) is 18.4 Å². The predicted octanol–water partition coefficient (Wildman–Crippen LogP) is 6.34. The second kappa shape index (κ2) is 11.6. The van der Waals surface area contributed by atoms with Crippen LogP contribution in [-0.2, 0) is 17.9 Å². The fraction of sp³-hybridized carbons (Fsp3) is 0.357. The predicted molar refractivity (Wildman–Crippen MR) is 134 cm³/mol. The number of carbonyl (C=O) groups is 2. The summed E-state index contributed by atoms with van der Waals surface area (Å²) >= 11 is 1.59. The van der Waals surface area contributed by atoms with Gasteiger partial charge in [0.25, 0.3) is 5.91 Å². The highest BCUT2D eigenvalue weighted by Gasteiger charge is 2.30. The second-order valence-electron chi connectivity index (χ2n) is 9.13. The summed E-state index contributed by atoms with van der Waals surface area (Å²) in [6.45, 7) is 2.70. The molecular formula is C28H30F2N2O2S. The van der Waals surface area contributed by atoms with E-state index < -0.39 is 5.82 Å². The van der Waals surface area contributed by atoms with Gasteiger partial charge in [-0.1, -0.05) is 31.4 Å². The second-order valence-corrected chi connectivity index (χ2v) is 10.1. The summed E-state index contributed by atoms with van der Waals surface area (Å²) in [5.41, 5.74) is 2.31. The minimum Gasteiger partial charge on any atom is -0.332 e. The summed E-state index contributed by atoms with van der Waals surface area (Å²) in [5, 5.41) is 2.00. The van der Waals surface area contributed by atoms with Crippen molar-refractivity contribution in [2.24, 2.45) is 0 Å². The molecule has 0 spiro atoms. The van der Waals surface area contributed by atoms with Gasteiger partial charge in [-0.25, -0.2) is 8.78 Å². The maximum atomic E-state index is 13.7. The normalized spacial score (nSPS) is 14.0. The monoisotopic (exact) mass is 496 g/mol. The van der Waals surface area contributed by atoms with Crippen LogP contribution in [0, 0.1) is 18.6 Å². The van der Waals surface area contributed by atoms with E-state index in [2.05, 4.69) is 0 Å². The highest BCUT2D eigenvalue weighted by Crippen LogP contribution is 2.25. The number of carbonyl (C=O) groups excluding carboxylic acids is 2. The first-order chi connectivity index (χ1) is 16.9. The number of hydrogen-bond acceptors (Lipinski definition) is 3. The van der Waals surface area contributed by atoms with Crippen LogP contribution in [0.2, 0.25) is 0 Å². The van der Waals surface area contributed by atoms with Gasteiger partial charge in [-0.2, -0.15) is 0 Å². The molecule has 2 aromatic carbocycles. The highest BCUT2D eigenvalue weighted by atomic mass is 32.1. The molecule has 35 heavy (non-hydrogen) atoms. The molecule has 0 N–H and O–H groups in total. The van der Waals surface area contributed by atoms with Crippen LogP contribution >= 0.6 is 11.3 Å². The number of hydrogen-bond donors (Lipinski definition) is 0. The fourth-order valence-corrected chi connectivity index (χ4v) is 5.47. The van der Waals surface area contributed by atoms with Gasteiger partial charge in [0.15, 0.2) is 0 Å². The van der Waals surface area contributed by atoms with Crippen LogP contribution in [0.15, 0.2) is 60.0 Å². The van der Waals surface area contributed by atoms with Crippen LogP contribution in [0.5, 0.6) is 0 Å². The Labute approximate surface area is 209 Å². The lowest BCUT2D eigenvalue weighted by molar-refractivity contribution is -0.133. The minimum absolute atomic E-state index is 0.0265. The fourth-order valence-electron chi connectivity index (χ4n) is 4.55. The van der Waals surface area contributed by atoms with Gasteiger partial charge in [0.1, 0.15) is 18.2 Å². The number of rotatable bonds is 8. The Hall–Kier alpha value is -3.06. The Morgan fingerprint density at radius 3 is 2.11 bits per heavy atom. The van der Waals surface area contributed by atoms with Gasteiger partial charge in [0.05, 0.1) is 6.54 Å². The summed E-state index contributed by atoms with van der Waals surface area (Å²) in [6, 6.07) is 13.6. The Kier molecular flexibility index (Phi) is 8.29. The third-order valence-electron chi connectivity index (χ3n) is 6.62. The van der Waals surface area contributed by atoms with E-state index in [0.29, 0.717) is 18.7 Å². The van der Waals surface area contributed by atoms with E-state index in [9.17, 15) is 18.4 Å². The molecule has 4 nitrogen and oxygen atoms in total. The van der Waals surface area contributed by atoms with Gasteiger partial charge < -0.3 is 9.80 Å². The number of aryl methyl sites for hydroxylation is 1. The van der Waals surface area contributed by atoms with Crippen LogP contribution < -0.4 is 0 Å². The Morgan fingerprint density at radius 2 is 1.51 bits per heavy atom. The first-order valence-electron chi connectivity index (χ1n) is 12.0. The molecule has 0 unspecified atom stereocenters. The molecule has 1 saturated carbocycles. The van der Waals surface area contributed by atoms with Gasteiger partial charge >= 0.3 is 0 Å². The Morgan fingerprint density at radius 1 is 0.886 bits per heavy atom. The highest BCUT2D eigenvalue weighted by molar-refractivity contribution is 7.10. The first-order valence-corrected chi connectivity index (χ1v) is 12.9.